The van der Waals surface area contributed by atoms with Gasteiger partial charge in [0.1, 0.15) is 5.82 Å². The van der Waals surface area contributed by atoms with E-state index < -0.39 is 0 Å². The molecule has 106 valence electrons. The first-order valence-electron chi connectivity index (χ1n) is 7.06. The molecule has 1 aromatic carbocycles. The van der Waals surface area contributed by atoms with Crippen LogP contribution in [0.2, 0.25) is 0 Å². The quantitative estimate of drug-likeness (QED) is 0.879. The molecule has 0 unspecified atom stereocenters. The lowest BCUT2D eigenvalue weighted by atomic mass is 10.0. The maximum atomic E-state index is 13.2. The fourth-order valence-electron chi connectivity index (χ4n) is 2.82. The van der Waals surface area contributed by atoms with Crippen molar-refractivity contribution in [2.24, 2.45) is 5.73 Å². The van der Waals surface area contributed by atoms with Gasteiger partial charge in [-0.15, -0.1) is 0 Å². The highest BCUT2D eigenvalue weighted by Gasteiger charge is 2.21. The van der Waals surface area contributed by atoms with Crippen LogP contribution in [0.25, 0.3) is 0 Å². The number of nitrogens with zero attached hydrogens (tertiary/aromatic N) is 2. The van der Waals surface area contributed by atoms with Crippen LogP contribution < -0.4 is 5.73 Å². The lowest BCUT2D eigenvalue weighted by Gasteiger charge is -2.36. The molecule has 1 heterocycles. The predicted molar refractivity (Wildman–Crippen MR) is 76.4 cm³/mol. The molecule has 0 amide bonds. The zero-order chi connectivity index (χ0) is 13.7. The van der Waals surface area contributed by atoms with E-state index in [-0.39, 0.29) is 5.82 Å². The Bertz CT molecular complexity index is 389. The first kappa shape index (κ1) is 14.4. The van der Waals surface area contributed by atoms with Crippen molar-refractivity contribution in [3.8, 4) is 0 Å². The van der Waals surface area contributed by atoms with Gasteiger partial charge in [0.2, 0.25) is 0 Å². The zero-order valence-corrected chi connectivity index (χ0v) is 11.7. The Morgan fingerprint density at radius 3 is 2.74 bits per heavy atom. The largest absolute Gasteiger partial charge is 0.329 e. The minimum Gasteiger partial charge on any atom is -0.329 e. The smallest absolute Gasteiger partial charge is 0.123 e. The van der Waals surface area contributed by atoms with E-state index in [1.165, 1.54) is 18.9 Å². The van der Waals surface area contributed by atoms with Gasteiger partial charge in [-0.05, 0) is 50.7 Å². The second-order valence-electron chi connectivity index (χ2n) is 5.41. The van der Waals surface area contributed by atoms with Crippen molar-refractivity contribution in [2.45, 2.75) is 25.4 Å². The molecule has 1 fully saturated rings. The van der Waals surface area contributed by atoms with Crippen molar-refractivity contribution in [1.82, 2.24) is 9.80 Å². The van der Waals surface area contributed by atoms with Gasteiger partial charge in [0.25, 0.3) is 0 Å². The van der Waals surface area contributed by atoms with E-state index in [1.807, 2.05) is 6.07 Å². The molecular formula is C15H24FN3. The van der Waals surface area contributed by atoms with Crippen molar-refractivity contribution >= 4 is 0 Å². The first-order valence-corrected chi connectivity index (χ1v) is 7.06. The SMILES string of the molecule is CN(Cc1cccc(F)c1)C1CCN(CCN)CC1. The monoisotopic (exact) mass is 265 g/mol. The normalized spacial score (nSPS) is 18.1. The fraction of sp³-hybridized carbons (Fsp3) is 0.600. The van der Waals surface area contributed by atoms with Crippen LogP contribution in [0.5, 0.6) is 0 Å². The second kappa shape index (κ2) is 6.98. The number of hydrogen-bond acceptors (Lipinski definition) is 3. The summed E-state index contributed by atoms with van der Waals surface area (Å²) in [6.07, 6.45) is 2.34. The third-order valence-electron chi connectivity index (χ3n) is 3.95. The maximum Gasteiger partial charge on any atom is 0.123 e. The Morgan fingerprint density at radius 1 is 1.37 bits per heavy atom. The van der Waals surface area contributed by atoms with Gasteiger partial charge in [-0.3, -0.25) is 4.90 Å². The minimum absolute atomic E-state index is 0.149. The minimum atomic E-state index is -0.149. The molecule has 19 heavy (non-hydrogen) atoms. The predicted octanol–water partition coefficient (Wildman–Crippen LogP) is 1.68. The number of likely N-dealkylation sites (tertiary alicyclic amines) is 1. The van der Waals surface area contributed by atoms with Crippen molar-refractivity contribution in [3.63, 3.8) is 0 Å². The molecule has 2 rings (SSSR count). The summed E-state index contributed by atoms with van der Waals surface area (Å²) in [7, 11) is 2.13. The summed E-state index contributed by atoms with van der Waals surface area (Å²) in [5.41, 5.74) is 6.63. The average Bonchev–Trinajstić information content (AvgIpc) is 2.40. The summed E-state index contributed by atoms with van der Waals surface area (Å²) >= 11 is 0. The van der Waals surface area contributed by atoms with Crippen molar-refractivity contribution in [1.29, 1.82) is 0 Å². The lowest BCUT2D eigenvalue weighted by molar-refractivity contribution is 0.125. The Labute approximate surface area is 115 Å². The van der Waals surface area contributed by atoms with Gasteiger partial charge in [-0.25, -0.2) is 4.39 Å². The molecule has 0 spiro atoms. The van der Waals surface area contributed by atoms with Crippen molar-refractivity contribution in [3.05, 3.63) is 35.6 Å². The highest BCUT2D eigenvalue weighted by atomic mass is 19.1. The Balaban J connectivity index is 1.82. The molecule has 0 bridgehead atoms. The summed E-state index contributed by atoms with van der Waals surface area (Å²) in [5.74, 6) is -0.149. The molecule has 1 aliphatic heterocycles. The highest BCUT2D eigenvalue weighted by molar-refractivity contribution is 5.16. The van der Waals surface area contributed by atoms with Gasteiger partial charge >= 0.3 is 0 Å². The summed E-state index contributed by atoms with van der Waals surface area (Å²) in [5, 5.41) is 0. The molecule has 0 aromatic heterocycles. The molecule has 1 saturated heterocycles. The number of halogens is 1. The molecule has 3 nitrogen and oxygen atoms in total. The summed E-state index contributed by atoms with van der Waals surface area (Å²) < 4.78 is 13.2. The number of hydrogen-bond donors (Lipinski definition) is 1. The Morgan fingerprint density at radius 2 is 2.11 bits per heavy atom. The van der Waals surface area contributed by atoms with Crippen LogP contribution in [0.1, 0.15) is 18.4 Å². The number of nitrogens with two attached hydrogens (primary N) is 1. The second-order valence-corrected chi connectivity index (χ2v) is 5.41. The topological polar surface area (TPSA) is 32.5 Å². The lowest BCUT2D eigenvalue weighted by Crippen LogP contribution is -2.44. The van der Waals surface area contributed by atoms with Crippen molar-refractivity contribution in [2.75, 3.05) is 33.2 Å². The van der Waals surface area contributed by atoms with Crippen LogP contribution in [0, 0.1) is 5.82 Å². The van der Waals surface area contributed by atoms with Gasteiger partial charge < -0.3 is 10.6 Å². The molecule has 1 aliphatic rings. The molecule has 2 N–H and O–H groups in total. The average molecular weight is 265 g/mol. The van der Waals surface area contributed by atoms with Gasteiger partial charge in [0.15, 0.2) is 0 Å². The van der Waals surface area contributed by atoms with Crippen LogP contribution in [-0.2, 0) is 6.54 Å². The summed E-state index contributed by atoms with van der Waals surface area (Å²) in [6, 6.07) is 7.48. The molecular weight excluding hydrogens is 241 g/mol. The first-order chi connectivity index (χ1) is 9.19. The van der Waals surface area contributed by atoms with E-state index in [9.17, 15) is 4.39 Å². The number of benzene rings is 1. The van der Waals surface area contributed by atoms with Crippen molar-refractivity contribution < 1.29 is 4.39 Å². The summed E-state index contributed by atoms with van der Waals surface area (Å²) in [6.45, 7) is 4.80. The number of piperidine rings is 1. The maximum absolute atomic E-state index is 13.2. The van der Waals surface area contributed by atoms with E-state index in [2.05, 4.69) is 16.8 Å². The molecule has 0 saturated carbocycles. The van der Waals surface area contributed by atoms with Crippen LogP contribution in [-0.4, -0.2) is 49.1 Å². The van der Waals surface area contributed by atoms with Crippen LogP contribution >= 0.6 is 0 Å². The molecule has 0 atom stereocenters. The third kappa shape index (κ3) is 4.27. The van der Waals surface area contributed by atoms with Gasteiger partial charge in [-0.1, -0.05) is 12.1 Å². The van der Waals surface area contributed by atoms with Crippen LogP contribution in [0.4, 0.5) is 4.39 Å². The van der Waals surface area contributed by atoms with E-state index in [4.69, 9.17) is 5.73 Å². The third-order valence-corrected chi connectivity index (χ3v) is 3.95. The molecule has 0 aliphatic carbocycles. The fourth-order valence-corrected chi connectivity index (χ4v) is 2.82. The van der Waals surface area contributed by atoms with Gasteiger partial charge in [0, 0.05) is 25.7 Å². The van der Waals surface area contributed by atoms with E-state index in [1.54, 1.807) is 12.1 Å². The molecule has 4 heteroatoms. The zero-order valence-electron chi connectivity index (χ0n) is 11.7. The Hall–Kier alpha value is -0.970. The van der Waals surface area contributed by atoms with Crippen LogP contribution in [0.3, 0.4) is 0 Å². The van der Waals surface area contributed by atoms with Gasteiger partial charge in [-0.2, -0.15) is 0 Å². The van der Waals surface area contributed by atoms with Crippen LogP contribution in [0.15, 0.2) is 24.3 Å². The highest BCUT2D eigenvalue weighted by Crippen LogP contribution is 2.17. The summed E-state index contributed by atoms with van der Waals surface area (Å²) in [4.78, 5) is 4.76. The van der Waals surface area contributed by atoms with E-state index >= 15 is 0 Å². The van der Waals surface area contributed by atoms with Gasteiger partial charge in [0.05, 0.1) is 0 Å². The van der Waals surface area contributed by atoms with E-state index in [0.717, 1.165) is 38.3 Å². The molecule has 0 radical (unpaired) electrons. The standard InChI is InChI=1S/C15H24FN3/c1-18(12-13-3-2-4-14(16)11-13)15-5-8-19(9-6-15)10-7-17/h2-4,11,15H,5-10,12,17H2,1H3. The Kier molecular flexibility index (Phi) is 5.31. The van der Waals surface area contributed by atoms with E-state index in [0.29, 0.717) is 6.04 Å². The molecule has 1 aromatic rings. The number of rotatable bonds is 5.